The fourth-order valence-corrected chi connectivity index (χ4v) is 1.88. The molecular weight excluding hydrogens is 245 g/mol. The van der Waals surface area contributed by atoms with Crippen LogP contribution in [0.1, 0.15) is 38.9 Å². The topological polar surface area (TPSA) is 45.2 Å². The normalized spacial score (nSPS) is 12.2. The van der Waals surface area contributed by atoms with Crippen molar-refractivity contribution in [1.82, 2.24) is 15.2 Å². The number of nitrogens with one attached hydrogen (secondary N) is 1. The van der Waals surface area contributed by atoms with Crippen LogP contribution in [0.25, 0.3) is 0 Å². The van der Waals surface area contributed by atoms with Crippen LogP contribution in [-0.2, 0) is 4.79 Å². The van der Waals surface area contributed by atoms with Crippen LogP contribution in [0.2, 0.25) is 0 Å². The van der Waals surface area contributed by atoms with Gasteiger partial charge in [0.15, 0.2) is 0 Å². The molecule has 1 aromatic rings. The third-order valence-electron chi connectivity index (χ3n) is 3.10. The van der Waals surface area contributed by atoms with Gasteiger partial charge >= 0.3 is 0 Å². The minimum absolute atomic E-state index is 0.00473. The minimum Gasteiger partial charge on any atom is -0.343 e. The first kappa shape index (κ1) is 15.6. The molecule has 0 fully saturated rings. The predicted octanol–water partition coefficient (Wildman–Crippen LogP) is 2.13. The standard InChI is InChI=1S/C14H22FN3O/c1-4-18(5-2)14(19)8-9-16-11(3)13-7-6-12(15)10-17-13/h6-7,10-11,16H,4-5,8-9H2,1-3H3. The molecule has 0 aliphatic heterocycles. The van der Waals surface area contributed by atoms with Crippen molar-refractivity contribution in [3.63, 3.8) is 0 Å². The van der Waals surface area contributed by atoms with Gasteiger partial charge in [-0.3, -0.25) is 9.78 Å². The van der Waals surface area contributed by atoms with Crippen LogP contribution in [-0.4, -0.2) is 35.4 Å². The van der Waals surface area contributed by atoms with Gasteiger partial charge in [0, 0.05) is 32.1 Å². The summed E-state index contributed by atoms with van der Waals surface area (Å²) in [6.45, 7) is 7.96. The predicted molar refractivity (Wildman–Crippen MR) is 73.2 cm³/mol. The molecule has 19 heavy (non-hydrogen) atoms. The van der Waals surface area contributed by atoms with Crippen LogP contribution in [0, 0.1) is 5.82 Å². The maximum Gasteiger partial charge on any atom is 0.223 e. The number of pyridine rings is 1. The molecule has 1 aromatic heterocycles. The van der Waals surface area contributed by atoms with E-state index < -0.39 is 0 Å². The Kier molecular flexibility index (Phi) is 6.42. The molecule has 0 aromatic carbocycles. The monoisotopic (exact) mass is 267 g/mol. The molecule has 0 aliphatic rings. The molecule has 0 saturated heterocycles. The molecule has 0 aliphatic carbocycles. The van der Waals surface area contributed by atoms with E-state index in [0.717, 1.165) is 18.8 Å². The average Bonchev–Trinajstić information content (AvgIpc) is 2.40. The molecule has 1 amide bonds. The summed E-state index contributed by atoms with van der Waals surface area (Å²) in [6, 6.07) is 3.05. The van der Waals surface area contributed by atoms with E-state index in [2.05, 4.69) is 10.3 Å². The molecule has 1 unspecified atom stereocenters. The maximum atomic E-state index is 12.7. The Morgan fingerprint density at radius 1 is 1.42 bits per heavy atom. The SMILES string of the molecule is CCN(CC)C(=O)CCNC(C)c1ccc(F)cn1. The summed E-state index contributed by atoms with van der Waals surface area (Å²) in [7, 11) is 0. The van der Waals surface area contributed by atoms with E-state index in [1.54, 1.807) is 6.07 Å². The lowest BCUT2D eigenvalue weighted by Crippen LogP contribution is -2.33. The largest absolute Gasteiger partial charge is 0.343 e. The first-order valence-corrected chi connectivity index (χ1v) is 6.71. The second-order valence-electron chi connectivity index (χ2n) is 4.39. The average molecular weight is 267 g/mol. The molecule has 0 spiro atoms. The summed E-state index contributed by atoms with van der Waals surface area (Å²) in [6.07, 6.45) is 1.67. The van der Waals surface area contributed by atoms with Gasteiger partial charge in [0.1, 0.15) is 5.82 Å². The number of aromatic nitrogens is 1. The van der Waals surface area contributed by atoms with E-state index in [9.17, 15) is 9.18 Å². The van der Waals surface area contributed by atoms with Crippen LogP contribution in [0.3, 0.4) is 0 Å². The molecule has 1 rings (SSSR count). The first-order valence-electron chi connectivity index (χ1n) is 6.71. The van der Waals surface area contributed by atoms with E-state index in [1.807, 2.05) is 25.7 Å². The first-order chi connectivity index (χ1) is 9.08. The number of hydrogen-bond donors (Lipinski definition) is 1. The smallest absolute Gasteiger partial charge is 0.223 e. The molecule has 0 saturated carbocycles. The maximum absolute atomic E-state index is 12.7. The fraction of sp³-hybridized carbons (Fsp3) is 0.571. The lowest BCUT2D eigenvalue weighted by Gasteiger charge is -2.19. The number of carbonyl (C=O) groups excluding carboxylic acids is 1. The number of rotatable bonds is 7. The van der Waals surface area contributed by atoms with Crippen LogP contribution in [0.5, 0.6) is 0 Å². The number of halogens is 1. The van der Waals surface area contributed by atoms with Crippen molar-refractivity contribution in [1.29, 1.82) is 0 Å². The van der Waals surface area contributed by atoms with Crippen molar-refractivity contribution in [3.8, 4) is 0 Å². The van der Waals surface area contributed by atoms with Gasteiger partial charge in [0.2, 0.25) is 5.91 Å². The van der Waals surface area contributed by atoms with Crippen molar-refractivity contribution in [2.24, 2.45) is 0 Å². The molecular formula is C14H22FN3O. The lowest BCUT2D eigenvalue weighted by atomic mass is 10.2. The molecule has 4 nitrogen and oxygen atoms in total. The highest BCUT2D eigenvalue weighted by Gasteiger charge is 2.11. The highest BCUT2D eigenvalue weighted by molar-refractivity contribution is 5.76. The summed E-state index contributed by atoms with van der Waals surface area (Å²) in [5.74, 6) is -0.190. The Morgan fingerprint density at radius 3 is 2.63 bits per heavy atom. The Labute approximate surface area is 114 Å². The number of amides is 1. The summed E-state index contributed by atoms with van der Waals surface area (Å²) in [5, 5.41) is 3.22. The highest BCUT2D eigenvalue weighted by Crippen LogP contribution is 2.09. The highest BCUT2D eigenvalue weighted by atomic mass is 19.1. The second kappa shape index (κ2) is 7.84. The minimum atomic E-state index is -0.340. The van der Waals surface area contributed by atoms with Crippen molar-refractivity contribution < 1.29 is 9.18 Å². The number of carbonyl (C=O) groups is 1. The van der Waals surface area contributed by atoms with Gasteiger partial charge < -0.3 is 10.2 Å². The Balaban J connectivity index is 2.36. The third-order valence-corrected chi connectivity index (χ3v) is 3.10. The van der Waals surface area contributed by atoms with E-state index in [0.29, 0.717) is 13.0 Å². The van der Waals surface area contributed by atoms with Crippen LogP contribution in [0.4, 0.5) is 4.39 Å². The Bertz CT molecular complexity index is 390. The summed E-state index contributed by atoms with van der Waals surface area (Å²) in [5.41, 5.74) is 0.775. The van der Waals surface area contributed by atoms with E-state index >= 15 is 0 Å². The quantitative estimate of drug-likeness (QED) is 0.823. The molecule has 1 heterocycles. The molecule has 106 valence electrons. The second-order valence-corrected chi connectivity index (χ2v) is 4.39. The van der Waals surface area contributed by atoms with Gasteiger partial charge in [-0.05, 0) is 32.9 Å². The van der Waals surface area contributed by atoms with E-state index in [-0.39, 0.29) is 17.8 Å². The van der Waals surface area contributed by atoms with Crippen LogP contribution < -0.4 is 5.32 Å². The van der Waals surface area contributed by atoms with Crippen LogP contribution in [0.15, 0.2) is 18.3 Å². The van der Waals surface area contributed by atoms with E-state index in [1.165, 1.54) is 12.3 Å². The summed E-state index contributed by atoms with van der Waals surface area (Å²) in [4.78, 5) is 17.6. The Morgan fingerprint density at radius 2 is 2.11 bits per heavy atom. The zero-order chi connectivity index (χ0) is 14.3. The van der Waals surface area contributed by atoms with Crippen molar-refractivity contribution in [2.45, 2.75) is 33.2 Å². The number of hydrogen-bond acceptors (Lipinski definition) is 3. The van der Waals surface area contributed by atoms with Gasteiger partial charge in [0.05, 0.1) is 11.9 Å². The zero-order valence-electron chi connectivity index (χ0n) is 11.8. The van der Waals surface area contributed by atoms with Gasteiger partial charge in [0.25, 0.3) is 0 Å². The van der Waals surface area contributed by atoms with Crippen molar-refractivity contribution in [3.05, 3.63) is 29.8 Å². The van der Waals surface area contributed by atoms with Gasteiger partial charge in [-0.2, -0.15) is 0 Å². The van der Waals surface area contributed by atoms with E-state index in [4.69, 9.17) is 0 Å². The molecule has 1 N–H and O–H groups in total. The summed E-state index contributed by atoms with van der Waals surface area (Å²) >= 11 is 0. The molecule has 0 bridgehead atoms. The lowest BCUT2D eigenvalue weighted by molar-refractivity contribution is -0.130. The van der Waals surface area contributed by atoms with Crippen molar-refractivity contribution >= 4 is 5.91 Å². The fourth-order valence-electron chi connectivity index (χ4n) is 1.88. The zero-order valence-corrected chi connectivity index (χ0v) is 11.8. The van der Waals surface area contributed by atoms with Gasteiger partial charge in [-0.1, -0.05) is 0 Å². The molecule has 1 atom stereocenters. The number of nitrogens with zero attached hydrogens (tertiary/aromatic N) is 2. The van der Waals surface area contributed by atoms with Crippen molar-refractivity contribution in [2.75, 3.05) is 19.6 Å². The van der Waals surface area contributed by atoms with Crippen LogP contribution >= 0.6 is 0 Å². The molecule has 5 heteroatoms. The molecule has 0 radical (unpaired) electrons. The van der Waals surface area contributed by atoms with Gasteiger partial charge in [-0.15, -0.1) is 0 Å². The third kappa shape index (κ3) is 4.95. The Hall–Kier alpha value is -1.49. The van der Waals surface area contributed by atoms with Gasteiger partial charge in [-0.25, -0.2) is 4.39 Å². The summed E-state index contributed by atoms with van der Waals surface area (Å²) < 4.78 is 12.7.